The van der Waals surface area contributed by atoms with Crippen molar-refractivity contribution in [2.45, 2.75) is 34.1 Å². The molecule has 2 fully saturated rings. The molecular formula is C11H19Br. The van der Waals surface area contributed by atoms with Crippen LogP contribution in [0.1, 0.15) is 34.1 Å². The lowest BCUT2D eigenvalue weighted by Crippen LogP contribution is -2.38. The van der Waals surface area contributed by atoms with E-state index < -0.39 is 0 Å². The van der Waals surface area contributed by atoms with Crippen LogP contribution >= 0.6 is 15.9 Å². The van der Waals surface area contributed by atoms with Crippen molar-refractivity contribution in [3.63, 3.8) is 0 Å². The lowest BCUT2D eigenvalue weighted by atomic mass is 9.60. The van der Waals surface area contributed by atoms with Gasteiger partial charge >= 0.3 is 0 Å². The minimum atomic E-state index is 0.614. The van der Waals surface area contributed by atoms with Gasteiger partial charge in [0.05, 0.1) is 0 Å². The van der Waals surface area contributed by atoms with Gasteiger partial charge in [-0.25, -0.2) is 0 Å². The van der Waals surface area contributed by atoms with Crippen LogP contribution in [-0.2, 0) is 0 Å². The fourth-order valence-electron chi connectivity index (χ4n) is 3.88. The average Bonchev–Trinajstić information content (AvgIpc) is 2.50. The summed E-state index contributed by atoms with van der Waals surface area (Å²) < 4.78 is 0. The topological polar surface area (TPSA) is 0 Å². The second-order valence-electron chi connectivity index (χ2n) is 5.44. The number of halogens is 1. The molecule has 0 heterocycles. The largest absolute Gasteiger partial charge is 0.0925 e. The van der Waals surface area contributed by atoms with Crippen molar-refractivity contribution in [2.24, 2.45) is 28.6 Å². The van der Waals surface area contributed by atoms with Crippen molar-refractivity contribution in [1.29, 1.82) is 0 Å². The molecule has 1 spiro atoms. The summed E-state index contributed by atoms with van der Waals surface area (Å²) in [6.45, 7) is 9.73. The molecule has 0 saturated heterocycles. The van der Waals surface area contributed by atoms with Crippen LogP contribution in [0.2, 0.25) is 0 Å². The molecule has 12 heavy (non-hydrogen) atoms. The normalized spacial score (nSPS) is 55.2. The highest BCUT2D eigenvalue weighted by atomic mass is 79.9. The summed E-state index contributed by atoms with van der Waals surface area (Å²) in [4.78, 5) is 0. The monoisotopic (exact) mass is 230 g/mol. The molecule has 0 radical (unpaired) electrons. The van der Waals surface area contributed by atoms with Crippen LogP contribution in [0.5, 0.6) is 0 Å². The van der Waals surface area contributed by atoms with E-state index in [-0.39, 0.29) is 0 Å². The molecule has 1 heteroatoms. The van der Waals surface area contributed by atoms with Gasteiger partial charge in [0, 0.05) is 5.33 Å². The summed E-state index contributed by atoms with van der Waals surface area (Å²) in [5, 5.41) is 1.21. The Bertz CT molecular complexity index is 209. The van der Waals surface area contributed by atoms with Gasteiger partial charge in [-0.2, -0.15) is 0 Å². The fraction of sp³-hybridized carbons (Fsp3) is 1.00. The highest BCUT2D eigenvalue weighted by Gasteiger charge is 2.76. The molecule has 0 aromatic heterocycles. The fourth-order valence-corrected chi connectivity index (χ4v) is 5.27. The van der Waals surface area contributed by atoms with Crippen LogP contribution in [0.3, 0.4) is 0 Å². The van der Waals surface area contributed by atoms with Crippen LogP contribution in [0.25, 0.3) is 0 Å². The number of hydrogen-bond acceptors (Lipinski definition) is 0. The van der Waals surface area contributed by atoms with E-state index in [4.69, 9.17) is 0 Å². The Hall–Kier alpha value is 0.480. The first kappa shape index (κ1) is 9.05. The van der Waals surface area contributed by atoms with Gasteiger partial charge in [0.1, 0.15) is 0 Å². The molecule has 0 nitrogen and oxygen atoms in total. The van der Waals surface area contributed by atoms with Crippen molar-refractivity contribution < 1.29 is 0 Å². The lowest BCUT2D eigenvalue weighted by molar-refractivity contribution is 0.0376. The molecule has 2 aliphatic rings. The highest BCUT2D eigenvalue weighted by molar-refractivity contribution is 9.09. The second kappa shape index (κ2) is 2.29. The zero-order valence-corrected chi connectivity index (χ0v) is 10.1. The minimum Gasteiger partial charge on any atom is -0.0925 e. The van der Waals surface area contributed by atoms with Gasteiger partial charge in [0.15, 0.2) is 0 Å². The van der Waals surface area contributed by atoms with Gasteiger partial charge in [0.2, 0.25) is 0 Å². The van der Waals surface area contributed by atoms with E-state index in [2.05, 4.69) is 43.6 Å². The Morgan fingerprint density at radius 1 is 1.33 bits per heavy atom. The maximum Gasteiger partial charge on any atom is 0.00706 e. The Kier molecular flexibility index (Phi) is 1.73. The molecule has 0 N–H and O–H groups in total. The summed E-state index contributed by atoms with van der Waals surface area (Å²) in [6, 6.07) is 0. The van der Waals surface area contributed by atoms with Crippen LogP contribution in [0.4, 0.5) is 0 Å². The quantitative estimate of drug-likeness (QED) is 0.603. The van der Waals surface area contributed by atoms with Gasteiger partial charge in [-0.15, -0.1) is 0 Å². The number of rotatable bonds is 1. The predicted molar refractivity (Wildman–Crippen MR) is 56.4 cm³/mol. The molecule has 2 saturated carbocycles. The summed E-state index contributed by atoms with van der Waals surface area (Å²) >= 11 is 3.65. The number of alkyl halides is 1. The van der Waals surface area contributed by atoms with E-state index in [1.54, 1.807) is 0 Å². The van der Waals surface area contributed by atoms with Crippen molar-refractivity contribution >= 4 is 15.9 Å². The third-order valence-corrected chi connectivity index (χ3v) is 5.74. The van der Waals surface area contributed by atoms with Crippen molar-refractivity contribution in [2.75, 3.05) is 5.33 Å². The van der Waals surface area contributed by atoms with E-state index in [9.17, 15) is 0 Å². The summed E-state index contributed by atoms with van der Waals surface area (Å²) in [7, 11) is 0. The summed E-state index contributed by atoms with van der Waals surface area (Å²) in [5.74, 6) is 2.86. The predicted octanol–water partition coefficient (Wildman–Crippen LogP) is 3.70. The van der Waals surface area contributed by atoms with E-state index >= 15 is 0 Å². The third kappa shape index (κ3) is 0.708. The maximum absolute atomic E-state index is 3.65. The zero-order chi connectivity index (χ0) is 9.15. The SMILES string of the molecule is CC1CC2(C1C)C(CBr)C2(C)C. The summed E-state index contributed by atoms with van der Waals surface area (Å²) in [5.41, 5.74) is 1.33. The van der Waals surface area contributed by atoms with E-state index in [1.807, 2.05) is 0 Å². The molecule has 4 unspecified atom stereocenters. The van der Waals surface area contributed by atoms with Crippen molar-refractivity contribution in [3.8, 4) is 0 Å². The Morgan fingerprint density at radius 2 is 1.92 bits per heavy atom. The van der Waals surface area contributed by atoms with Gasteiger partial charge in [-0.3, -0.25) is 0 Å². The van der Waals surface area contributed by atoms with Crippen LogP contribution in [0, 0.1) is 28.6 Å². The average molecular weight is 231 g/mol. The molecule has 0 bridgehead atoms. The first-order valence-corrected chi connectivity index (χ1v) is 6.16. The Morgan fingerprint density at radius 3 is 2.17 bits per heavy atom. The van der Waals surface area contributed by atoms with Gasteiger partial charge in [0.25, 0.3) is 0 Å². The van der Waals surface area contributed by atoms with Crippen LogP contribution in [-0.4, -0.2) is 5.33 Å². The Labute approximate surface area is 84.2 Å². The molecule has 0 aromatic rings. The van der Waals surface area contributed by atoms with Gasteiger partial charge in [-0.05, 0) is 35.0 Å². The summed E-state index contributed by atoms with van der Waals surface area (Å²) in [6.07, 6.45) is 1.47. The van der Waals surface area contributed by atoms with Crippen LogP contribution < -0.4 is 0 Å². The van der Waals surface area contributed by atoms with Gasteiger partial charge in [-0.1, -0.05) is 43.6 Å². The maximum atomic E-state index is 3.65. The molecule has 70 valence electrons. The molecule has 0 aromatic carbocycles. The zero-order valence-electron chi connectivity index (χ0n) is 8.52. The first-order valence-electron chi connectivity index (χ1n) is 5.04. The molecule has 0 aliphatic heterocycles. The standard InChI is InChI=1S/C11H19Br/c1-7-5-11(8(7)2)9(6-12)10(11,3)4/h7-9H,5-6H2,1-4H3. The highest BCUT2D eigenvalue weighted by Crippen LogP contribution is 2.81. The molecule has 2 rings (SSSR count). The van der Waals surface area contributed by atoms with E-state index in [0.717, 1.165) is 23.2 Å². The number of hydrogen-bond donors (Lipinski definition) is 0. The first-order chi connectivity index (χ1) is 5.48. The van der Waals surface area contributed by atoms with Crippen LogP contribution in [0.15, 0.2) is 0 Å². The third-order valence-electron chi connectivity index (χ3n) is 5.09. The van der Waals surface area contributed by atoms with Gasteiger partial charge < -0.3 is 0 Å². The smallest absolute Gasteiger partial charge is 0.00706 e. The van der Waals surface area contributed by atoms with Crippen molar-refractivity contribution in [1.82, 2.24) is 0 Å². The molecule has 4 atom stereocenters. The molecule has 2 aliphatic carbocycles. The Balaban J connectivity index is 2.17. The lowest BCUT2D eigenvalue weighted by Gasteiger charge is -2.45. The van der Waals surface area contributed by atoms with E-state index in [1.165, 1.54) is 11.8 Å². The second-order valence-corrected chi connectivity index (χ2v) is 6.09. The van der Waals surface area contributed by atoms with Crippen molar-refractivity contribution in [3.05, 3.63) is 0 Å². The van der Waals surface area contributed by atoms with E-state index in [0.29, 0.717) is 5.41 Å². The molecule has 0 amide bonds. The minimum absolute atomic E-state index is 0.614. The molecular weight excluding hydrogens is 212 g/mol.